The van der Waals surface area contributed by atoms with Gasteiger partial charge in [-0.15, -0.1) is 0 Å². The second-order valence-corrected chi connectivity index (χ2v) is 8.89. The lowest BCUT2D eigenvalue weighted by atomic mass is 10.1. The summed E-state index contributed by atoms with van der Waals surface area (Å²) in [5, 5.41) is 2.61. The van der Waals surface area contributed by atoms with Crippen molar-refractivity contribution in [1.82, 2.24) is 5.32 Å². The number of nitrogens with one attached hydrogen (secondary N) is 1. The van der Waals surface area contributed by atoms with E-state index < -0.39 is 32.2 Å². The summed E-state index contributed by atoms with van der Waals surface area (Å²) in [5.41, 5.74) is -0.245. The number of hydrogen-bond donors (Lipinski definition) is 1. The molecule has 4 nitrogen and oxygen atoms in total. The van der Waals surface area contributed by atoms with Crippen LogP contribution in [0.4, 0.5) is 13.2 Å². The molecule has 1 fully saturated rings. The molecule has 1 N–H and O–H groups in total. The fourth-order valence-corrected chi connectivity index (χ4v) is 2.57. The van der Waals surface area contributed by atoms with Gasteiger partial charge in [-0.2, -0.15) is 13.2 Å². The standard InChI is InChI=1S/C15H18F3NO3S/c1-14(2,23(3,21)22)13(20)19-12-8-11(12)9-5-4-6-10(7-9)15(16,17)18/h4-7,11-12H,8H2,1-3H3,(H,19,20)/t11-,12+/m1/s1. The van der Waals surface area contributed by atoms with Crippen molar-refractivity contribution in [2.75, 3.05) is 6.26 Å². The number of amides is 1. The van der Waals surface area contributed by atoms with E-state index in [1.165, 1.54) is 19.9 Å². The Morgan fingerprint density at radius 3 is 2.39 bits per heavy atom. The van der Waals surface area contributed by atoms with Crippen LogP contribution >= 0.6 is 0 Å². The van der Waals surface area contributed by atoms with Gasteiger partial charge >= 0.3 is 6.18 Å². The van der Waals surface area contributed by atoms with Gasteiger partial charge in [0.15, 0.2) is 9.84 Å². The third kappa shape index (κ3) is 3.68. The van der Waals surface area contributed by atoms with Crippen molar-refractivity contribution >= 4 is 15.7 Å². The topological polar surface area (TPSA) is 63.2 Å². The fourth-order valence-electron chi connectivity index (χ4n) is 2.18. The van der Waals surface area contributed by atoms with E-state index in [4.69, 9.17) is 0 Å². The normalized spacial score (nSPS) is 21.8. The fraction of sp³-hybridized carbons (Fsp3) is 0.533. The maximum absolute atomic E-state index is 12.7. The quantitative estimate of drug-likeness (QED) is 0.908. The zero-order valence-corrected chi connectivity index (χ0v) is 13.8. The summed E-state index contributed by atoms with van der Waals surface area (Å²) in [7, 11) is -3.59. The first-order chi connectivity index (χ1) is 10.3. The molecule has 1 amide bonds. The molecule has 1 aromatic carbocycles. The number of carbonyl (C=O) groups is 1. The number of rotatable bonds is 4. The predicted molar refractivity (Wildman–Crippen MR) is 79.7 cm³/mol. The molecular formula is C15H18F3NO3S. The van der Waals surface area contributed by atoms with Gasteiger partial charge in [-0.05, 0) is 31.9 Å². The van der Waals surface area contributed by atoms with Gasteiger partial charge in [-0.3, -0.25) is 4.79 Å². The molecule has 0 unspecified atom stereocenters. The van der Waals surface area contributed by atoms with Crippen LogP contribution in [0.1, 0.15) is 37.3 Å². The minimum atomic E-state index is -4.41. The number of carbonyl (C=O) groups excluding carboxylic acids is 1. The Balaban J connectivity index is 2.08. The number of halogens is 3. The maximum Gasteiger partial charge on any atom is 0.416 e. The highest BCUT2D eigenvalue weighted by Crippen LogP contribution is 2.42. The minimum absolute atomic E-state index is 0.225. The molecule has 1 aliphatic rings. The van der Waals surface area contributed by atoms with E-state index in [0.29, 0.717) is 12.0 Å². The summed E-state index contributed by atoms with van der Waals surface area (Å²) in [6, 6.07) is 4.63. The van der Waals surface area contributed by atoms with Crippen molar-refractivity contribution in [3.05, 3.63) is 35.4 Å². The smallest absolute Gasteiger partial charge is 0.351 e. The molecule has 0 aromatic heterocycles. The Kier molecular flexibility index (Phi) is 4.26. The van der Waals surface area contributed by atoms with Crippen LogP contribution in [0.5, 0.6) is 0 Å². The van der Waals surface area contributed by atoms with Gasteiger partial charge in [0, 0.05) is 18.2 Å². The molecule has 1 aromatic rings. The molecule has 0 aliphatic heterocycles. The Morgan fingerprint density at radius 1 is 1.26 bits per heavy atom. The summed E-state index contributed by atoms with van der Waals surface area (Å²) in [6.45, 7) is 2.61. The van der Waals surface area contributed by atoms with E-state index in [2.05, 4.69) is 5.32 Å². The Bertz CT molecular complexity index is 726. The zero-order valence-electron chi connectivity index (χ0n) is 12.9. The second-order valence-electron chi connectivity index (χ2n) is 6.33. The van der Waals surface area contributed by atoms with Gasteiger partial charge in [0.25, 0.3) is 0 Å². The van der Waals surface area contributed by atoms with E-state index in [1.807, 2.05) is 0 Å². The van der Waals surface area contributed by atoms with Gasteiger partial charge in [0.05, 0.1) is 5.56 Å². The third-order valence-corrected chi connectivity index (χ3v) is 6.26. The van der Waals surface area contributed by atoms with Crippen LogP contribution < -0.4 is 5.32 Å². The van der Waals surface area contributed by atoms with Crippen LogP contribution in [0.3, 0.4) is 0 Å². The summed E-state index contributed by atoms with van der Waals surface area (Å²) in [5.74, 6) is -0.865. The number of alkyl halides is 3. The third-order valence-electron chi connectivity index (χ3n) is 4.22. The summed E-state index contributed by atoms with van der Waals surface area (Å²) in [4.78, 5) is 12.1. The zero-order chi connectivity index (χ0) is 17.6. The summed E-state index contributed by atoms with van der Waals surface area (Å²) < 4.78 is 59.8. The van der Waals surface area contributed by atoms with E-state index in [0.717, 1.165) is 18.4 Å². The Labute approximate surface area is 133 Å². The monoisotopic (exact) mass is 349 g/mol. The van der Waals surface area contributed by atoms with Gasteiger partial charge < -0.3 is 5.32 Å². The molecule has 23 heavy (non-hydrogen) atoms. The number of benzene rings is 1. The SMILES string of the molecule is CC(C)(C(=O)N[C@H]1C[C@@H]1c1cccc(C(F)(F)F)c1)S(C)(=O)=O. The van der Waals surface area contributed by atoms with Crippen LogP contribution in [0.15, 0.2) is 24.3 Å². The van der Waals surface area contributed by atoms with Crippen molar-refractivity contribution in [3.8, 4) is 0 Å². The van der Waals surface area contributed by atoms with E-state index >= 15 is 0 Å². The first kappa shape index (κ1) is 17.8. The molecule has 128 valence electrons. The van der Waals surface area contributed by atoms with Crippen molar-refractivity contribution in [2.24, 2.45) is 0 Å². The van der Waals surface area contributed by atoms with Crippen LogP contribution in [-0.2, 0) is 20.8 Å². The van der Waals surface area contributed by atoms with E-state index in [-0.39, 0.29) is 12.0 Å². The molecule has 1 saturated carbocycles. The Morgan fingerprint density at radius 2 is 1.87 bits per heavy atom. The molecule has 0 bridgehead atoms. The second kappa shape index (κ2) is 5.51. The van der Waals surface area contributed by atoms with E-state index in [9.17, 15) is 26.4 Å². The lowest BCUT2D eigenvalue weighted by molar-refractivity contribution is -0.137. The van der Waals surface area contributed by atoms with Crippen LogP contribution in [-0.4, -0.2) is 31.4 Å². The van der Waals surface area contributed by atoms with Crippen molar-refractivity contribution < 1.29 is 26.4 Å². The largest absolute Gasteiger partial charge is 0.416 e. The molecule has 0 heterocycles. The summed E-state index contributed by atoms with van der Waals surface area (Å²) in [6.07, 6.45) is -2.95. The average Bonchev–Trinajstić information content (AvgIpc) is 3.15. The molecule has 0 spiro atoms. The average molecular weight is 349 g/mol. The summed E-state index contributed by atoms with van der Waals surface area (Å²) >= 11 is 0. The molecule has 0 radical (unpaired) electrons. The highest BCUT2D eigenvalue weighted by molar-refractivity contribution is 7.92. The van der Waals surface area contributed by atoms with Gasteiger partial charge in [-0.1, -0.05) is 18.2 Å². The maximum atomic E-state index is 12.7. The Hall–Kier alpha value is -1.57. The van der Waals surface area contributed by atoms with Crippen LogP contribution in [0.25, 0.3) is 0 Å². The van der Waals surface area contributed by atoms with Gasteiger partial charge in [0.1, 0.15) is 4.75 Å². The molecule has 8 heteroatoms. The van der Waals surface area contributed by atoms with Gasteiger partial charge in [-0.25, -0.2) is 8.42 Å². The lowest BCUT2D eigenvalue weighted by Crippen LogP contribution is -2.48. The number of sulfone groups is 1. The minimum Gasteiger partial charge on any atom is -0.351 e. The first-order valence-electron chi connectivity index (χ1n) is 7.02. The predicted octanol–water partition coefficient (Wildman–Crippen LogP) is 2.50. The van der Waals surface area contributed by atoms with Crippen molar-refractivity contribution in [2.45, 2.75) is 43.2 Å². The lowest BCUT2D eigenvalue weighted by Gasteiger charge is -2.21. The molecular weight excluding hydrogens is 331 g/mol. The highest BCUT2D eigenvalue weighted by Gasteiger charge is 2.45. The molecule has 2 atom stereocenters. The van der Waals surface area contributed by atoms with Crippen molar-refractivity contribution in [3.63, 3.8) is 0 Å². The van der Waals surface area contributed by atoms with Gasteiger partial charge in [0.2, 0.25) is 5.91 Å². The molecule has 0 saturated heterocycles. The van der Waals surface area contributed by atoms with Crippen molar-refractivity contribution in [1.29, 1.82) is 0 Å². The molecule has 2 rings (SSSR count). The highest BCUT2D eigenvalue weighted by atomic mass is 32.2. The van der Waals surface area contributed by atoms with Crippen LogP contribution in [0, 0.1) is 0 Å². The van der Waals surface area contributed by atoms with Crippen LogP contribution in [0.2, 0.25) is 0 Å². The first-order valence-corrected chi connectivity index (χ1v) is 8.91. The molecule has 1 aliphatic carbocycles. The number of hydrogen-bond acceptors (Lipinski definition) is 3. The van der Waals surface area contributed by atoms with E-state index in [1.54, 1.807) is 6.07 Å².